The van der Waals surface area contributed by atoms with E-state index in [0.29, 0.717) is 5.56 Å². The molecule has 1 aromatic carbocycles. The van der Waals surface area contributed by atoms with Crippen LogP contribution in [0.15, 0.2) is 18.2 Å². The molecule has 1 fully saturated rings. The molecule has 0 amide bonds. The van der Waals surface area contributed by atoms with Crippen LogP contribution in [0.2, 0.25) is 0 Å². The van der Waals surface area contributed by atoms with Gasteiger partial charge in [0.25, 0.3) is 0 Å². The molecule has 0 atom stereocenters. The standard InChI is InChI=1S/C13H17BF3O.K/c1-10-7-8-13(12(9-10)14(15,16)17)18-11-5-3-2-4-6-11;/h7-9,11H,2-6H2,1H3;/q-1;+1. The first-order chi connectivity index (χ1) is 8.47. The Kier molecular flexibility index (Phi) is 6.93. The summed E-state index contributed by atoms with van der Waals surface area (Å²) in [5, 5.41) is 0. The van der Waals surface area contributed by atoms with E-state index in [4.69, 9.17) is 4.74 Å². The minimum atomic E-state index is -5.01. The van der Waals surface area contributed by atoms with Crippen LogP contribution in [0.3, 0.4) is 0 Å². The Morgan fingerprint density at radius 2 is 1.74 bits per heavy atom. The fourth-order valence-corrected chi connectivity index (χ4v) is 2.39. The first kappa shape index (κ1) is 17.6. The minimum absolute atomic E-state index is 0. The summed E-state index contributed by atoms with van der Waals surface area (Å²) < 4.78 is 44.5. The summed E-state index contributed by atoms with van der Waals surface area (Å²) in [6.07, 6.45) is 4.91. The van der Waals surface area contributed by atoms with Crippen molar-refractivity contribution in [1.82, 2.24) is 0 Å². The Labute approximate surface area is 154 Å². The quantitative estimate of drug-likeness (QED) is 0.749. The van der Waals surface area contributed by atoms with E-state index >= 15 is 0 Å². The largest absolute Gasteiger partial charge is 1.00 e. The fourth-order valence-electron chi connectivity index (χ4n) is 2.39. The van der Waals surface area contributed by atoms with Crippen molar-refractivity contribution in [2.75, 3.05) is 0 Å². The van der Waals surface area contributed by atoms with E-state index in [1.807, 2.05) is 0 Å². The molecule has 0 radical (unpaired) electrons. The van der Waals surface area contributed by atoms with E-state index in [9.17, 15) is 12.9 Å². The molecule has 0 saturated heterocycles. The molecule has 0 unspecified atom stereocenters. The second-order valence-electron chi connectivity index (χ2n) is 4.99. The molecule has 1 nitrogen and oxygen atoms in total. The zero-order valence-corrected chi connectivity index (χ0v) is 14.6. The van der Waals surface area contributed by atoms with Crippen LogP contribution in [0, 0.1) is 6.92 Å². The van der Waals surface area contributed by atoms with E-state index < -0.39 is 12.4 Å². The maximum Gasteiger partial charge on any atom is 1.00 e. The summed E-state index contributed by atoms with van der Waals surface area (Å²) in [6, 6.07) is 4.30. The Balaban J connectivity index is 0.00000180. The van der Waals surface area contributed by atoms with Crippen molar-refractivity contribution in [3.63, 3.8) is 0 Å². The fraction of sp³-hybridized carbons (Fsp3) is 0.538. The molecule has 2 rings (SSSR count). The Hall–Kier alpha value is 0.511. The van der Waals surface area contributed by atoms with Crippen LogP contribution in [0.25, 0.3) is 0 Å². The molecule has 100 valence electrons. The molecule has 6 heteroatoms. The molecule has 0 heterocycles. The SMILES string of the molecule is Cc1ccc(OC2CCCCC2)c([B-](F)(F)F)c1.[K+]. The first-order valence-electron chi connectivity index (χ1n) is 6.44. The number of halogens is 3. The Morgan fingerprint density at radius 3 is 2.32 bits per heavy atom. The van der Waals surface area contributed by atoms with Crippen molar-refractivity contribution >= 4 is 12.4 Å². The molecule has 0 bridgehead atoms. The Bertz CT molecular complexity index is 417. The summed E-state index contributed by atoms with van der Waals surface area (Å²) in [7, 11) is 0. The summed E-state index contributed by atoms with van der Waals surface area (Å²) >= 11 is 0. The van der Waals surface area contributed by atoms with Gasteiger partial charge in [0.2, 0.25) is 0 Å². The smallest absolute Gasteiger partial charge is 0.493 e. The van der Waals surface area contributed by atoms with Crippen LogP contribution in [0.4, 0.5) is 12.9 Å². The van der Waals surface area contributed by atoms with Gasteiger partial charge in [0.15, 0.2) is 0 Å². The number of hydrogen-bond acceptors (Lipinski definition) is 1. The normalized spacial score (nSPS) is 16.8. The van der Waals surface area contributed by atoms with Crippen molar-refractivity contribution in [3.05, 3.63) is 23.8 Å². The van der Waals surface area contributed by atoms with Gasteiger partial charge >= 0.3 is 58.4 Å². The second-order valence-corrected chi connectivity index (χ2v) is 4.99. The van der Waals surface area contributed by atoms with Gasteiger partial charge in [0.1, 0.15) is 0 Å². The van der Waals surface area contributed by atoms with E-state index in [1.54, 1.807) is 13.0 Å². The van der Waals surface area contributed by atoms with E-state index in [-0.39, 0.29) is 63.2 Å². The van der Waals surface area contributed by atoms with E-state index in [1.165, 1.54) is 12.1 Å². The van der Waals surface area contributed by atoms with Gasteiger partial charge in [-0.15, -0.1) is 0 Å². The van der Waals surface area contributed by atoms with Crippen molar-refractivity contribution in [2.24, 2.45) is 0 Å². The number of aryl methyl sites for hydroxylation is 1. The third-order valence-corrected chi connectivity index (χ3v) is 3.36. The van der Waals surface area contributed by atoms with Gasteiger partial charge in [-0.3, -0.25) is 0 Å². The van der Waals surface area contributed by atoms with Crippen molar-refractivity contribution < 1.29 is 69.1 Å². The predicted molar refractivity (Wildman–Crippen MR) is 67.4 cm³/mol. The summed E-state index contributed by atoms with van der Waals surface area (Å²) in [4.78, 5) is 0. The molecule has 1 aliphatic rings. The summed E-state index contributed by atoms with van der Waals surface area (Å²) in [6.45, 7) is -3.35. The van der Waals surface area contributed by atoms with Gasteiger partial charge in [-0.2, -0.15) is 0 Å². The average Bonchev–Trinajstić information content (AvgIpc) is 2.31. The molecule has 19 heavy (non-hydrogen) atoms. The topological polar surface area (TPSA) is 9.23 Å². The van der Waals surface area contributed by atoms with Crippen molar-refractivity contribution in [2.45, 2.75) is 45.1 Å². The van der Waals surface area contributed by atoms with Gasteiger partial charge in [-0.1, -0.05) is 29.6 Å². The van der Waals surface area contributed by atoms with Gasteiger partial charge in [-0.25, -0.2) is 0 Å². The molecule has 0 N–H and O–H groups in total. The summed E-state index contributed by atoms with van der Waals surface area (Å²) in [5.74, 6) is 0.000000000000000444. The van der Waals surface area contributed by atoms with Crippen LogP contribution >= 0.6 is 0 Å². The van der Waals surface area contributed by atoms with E-state index in [2.05, 4.69) is 0 Å². The van der Waals surface area contributed by atoms with Crippen molar-refractivity contribution in [1.29, 1.82) is 0 Å². The van der Waals surface area contributed by atoms with Gasteiger partial charge in [0.05, 0.1) is 11.9 Å². The second kappa shape index (κ2) is 7.50. The molecule has 0 aliphatic heterocycles. The van der Waals surface area contributed by atoms with Crippen LogP contribution < -0.4 is 61.6 Å². The van der Waals surface area contributed by atoms with E-state index in [0.717, 1.165) is 32.1 Å². The third kappa shape index (κ3) is 5.08. The molecule has 1 saturated carbocycles. The third-order valence-electron chi connectivity index (χ3n) is 3.36. The van der Waals surface area contributed by atoms with Crippen LogP contribution in [0.1, 0.15) is 37.7 Å². The zero-order valence-electron chi connectivity index (χ0n) is 11.5. The van der Waals surface area contributed by atoms with Crippen LogP contribution in [0.5, 0.6) is 5.75 Å². The molecular formula is C13H17BF3KO. The zero-order chi connectivity index (χ0) is 13.2. The monoisotopic (exact) mass is 296 g/mol. The molecule has 1 aliphatic carbocycles. The number of benzene rings is 1. The molecule has 0 spiro atoms. The summed E-state index contributed by atoms with van der Waals surface area (Å²) in [5.41, 5.74) is 0.0146. The van der Waals surface area contributed by atoms with Gasteiger partial charge in [0, 0.05) is 0 Å². The maximum atomic E-state index is 13.0. The number of hydrogen-bond donors (Lipinski definition) is 0. The Morgan fingerprint density at radius 1 is 1.11 bits per heavy atom. The first-order valence-corrected chi connectivity index (χ1v) is 6.44. The molecule has 0 aromatic heterocycles. The maximum absolute atomic E-state index is 13.0. The average molecular weight is 296 g/mol. The minimum Gasteiger partial charge on any atom is -0.493 e. The van der Waals surface area contributed by atoms with Crippen LogP contribution in [-0.4, -0.2) is 13.1 Å². The predicted octanol–water partition coefficient (Wildman–Crippen LogP) is 0.765. The van der Waals surface area contributed by atoms with Crippen LogP contribution in [-0.2, 0) is 0 Å². The van der Waals surface area contributed by atoms with Gasteiger partial charge in [-0.05, 0) is 38.7 Å². The molecular weight excluding hydrogens is 279 g/mol. The van der Waals surface area contributed by atoms with Crippen molar-refractivity contribution in [3.8, 4) is 5.75 Å². The van der Waals surface area contributed by atoms with Gasteiger partial charge < -0.3 is 17.7 Å². The number of rotatable bonds is 3. The molecule has 1 aromatic rings. The number of ether oxygens (including phenoxy) is 1.